The van der Waals surface area contributed by atoms with E-state index in [9.17, 15) is 14.4 Å². The molecule has 0 saturated carbocycles. The Balaban J connectivity index is 1.61. The monoisotopic (exact) mass is 390 g/mol. The summed E-state index contributed by atoms with van der Waals surface area (Å²) in [6.45, 7) is -0.198. The standard InChI is InChI=1S/C20H18N6O3/c27-18(21-11-17-22-20(29)24-23-17)12-26-19(28)15-9-5-4-8-14(15)16(25-26)10-13-6-2-1-3-7-13/h1-9H,10-12H2,(H,21,27)(H2,22,23,24,29). The van der Waals surface area contributed by atoms with Crippen LogP contribution in [0, 0.1) is 0 Å². The van der Waals surface area contributed by atoms with E-state index in [2.05, 4.69) is 25.6 Å². The molecule has 0 aliphatic heterocycles. The quantitative estimate of drug-likeness (QED) is 0.447. The molecule has 1 amide bonds. The van der Waals surface area contributed by atoms with Crippen molar-refractivity contribution in [3.05, 3.63) is 92.5 Å². The Morgan fingerprint density at radius 2 is 1.72 bits per heavy atom. The van der Waals surface area contributed by atoms with Gasteiger partial charge in [-0.25, -0.2) is 14.6 Å². The molecule has 0 aliphatic carbocycles. The molecule has 0 bridgehead atoms. The number of hydrogen-bond acceptors (Lipinski definition) is 5. The van der Waals surface area contributed by atoms with Crippen molar-refractivity contribution in [2.45, 2.75) is 19.5 Å². The van der Waals surface area contributed by atoms with Crippen LogP contribution in [-0.4, -0.2) is 30.9 Å². The van der Waals surface area contributed by atoms with Gasteiger partial charge in [0.05, 0.1) is 17.6 Å². The molecule has 0 spiro atoms. The Morgan fingerprint density at radius 1 is 1.00 bits per heavy atom. The molecular formula is C20H18N6O3. The first kappa shape index (κ1) is 18.4. The maximum atomic E-state index is 12.8. The van der Waals surface area contributed by atoms with Gasteiger partial charge in [-0.05, 0) is 11.6 Å². The first-order valence-electron chi connectivity index (χ1n) is 9.03. The Morgan fingerprint density at radius 3 is 2.45 bits per heavy atom. The predicted molar refractivity (Wildman–Crippen MR) is 106 cm³/mol. The summed E-state index contributed by atoms with van der Waals surface area (Å²) in [6.07, 6.45) is 0.539. The van der Waals surface area contributed by atoms with Gasteiger partial charge in [0.15, 0.2) is 0 Å². The first-order valence-corrected chi connectivity index (χ1v) is 9.03. The van der Waals surface area contributed by atoms with E-state index in [1.54, 1.807) is 12.1 Å². The van der Waals surface area contributed by atoms with Crippen LogP contribution in [0.25, 0.3) is 10.8 Å². The van der Waals surface area contributed by atoms with Crippen molar-refractivity contribution in [1.82, 2.24) is 30.3 Å². The molecular weight excluding hydrogens is 372 g/mol. The molecule has 4 aromatic rings. The van der Waals surface area contributed by atoms with Crippen molar-refractivity contribution in [1.29, 1.82) is 0 Å². The number of hydrogen-bond donors (Lipinski definition) is 3. The van der Waals surface area contributed by atoms with E-state index < -0.39 is 11.6 Å². The van der Waals surface area contributed by atoms with E-state index in [0.717, 1.165) is 16.6 Å². The lowest BCUT2D eigenvalue weighted by Crippen LogP contribution is -2.34. The molecule has 4 rings (SSSR count). The van der Waals surface area contributed by atoms with Gasteiger partial charge < -0.3 is 5.32 Å². The lowest BCUT2D eigenvalue weighted by molar-refractivity contribution is -0.122. The number of fused-ring (bicyclic) bond motifs is 1. The fourth-order valence-electron chi connectivity index (χ4n) is 3.10. The van der Waals surface area contributed by atoms with E-state index in [1.165, 1.54) is 4.68 Å². The third-order valence-electron chi connectivity index (χ3n) is 4.46. The van der Waals surface area contributed by atoms with Gasteiger partial charge in [-0.3, -0.25) is 14.6 Å². The van der Waals surface area contributed by atoms with Gasteiger partial charge in [-0.1, -0.05) is 48.5 Å². The Bertz CT molecular complexity index is 1270. The number of rotatable bonds is 6. The molecule has 0 atom stereocenters. The number of nitrogens with one attached hydrogen (secondary N) is 3. The number of benzene rings is 2. The van der Waals surface area contributed by atoms with Crippen molar-refractivity contribution in [2.75, 3.05) is 0 Å². The maximum absolute atomic E-state index is 12.8. The second kappa shape index (κ2) is 7.93. The third kappa shape index (κ3) is 4.13. The molecule has 29 heavy (non-hydrogen) atoms. The fraction of sp³-hybridized carbons (Fsp3) is 0.150. The highest BCUT2D eigenvalue weighted by Crippen LogP contribution is 2.16. The summed E-state index contributed by atoms with van der Waals surface area (Å²) in [5.41, 5.74) is 0.992. The molecule has 2 aromatic carbocycles. The molecule has 146 valence electrons. The first-order chi connectivity index (χ1) is 14.1. The van der Waals surface area contributed by atoms with Gasteiger partial charge in [-0.2, -0.15) is 10.2 Å². The van der Waals surface area contributed by atoms with Crippen molar-refractivity contribution in [2.24, 2.45) is 0 Å². The van der Waals surface area contributed by atoms with Crippen LogP contribution in [0.4, 0.5) is 0 Å². The third-order valence-corrected chi connectivity index (χ3v) is 4.46. The number of nitrogens with zero attached hydrogens (tertiary/aromatic N) is 3. The SMILES string of the molecule is O=C(Cn1nc(Cc2ccccc2)c2ccccc2c1=O)NCc1n[nH]c(=O)[nH]1. The van der Waals surface area contributed by atoms with Gasteiger partial charge in [0.2, 0.25) is 5.91 Å². The largest absolute Gasteiger partial charge is 0.347 e. The van der Waals surface area contributed by atoms with E-state index in [4.69, 9.17) is 0 Å². The van der Waals surface area contributed by atoms with Crippen LogP contribution in [0.5, 0.6) is 0 Å². The van der Waals surface area contributed by atoms with E-state index in [0.29, 0.717) is 17.6 Å². The maximum Gasteiger partial charge on any atom is 0.340 e. The van der Waals surface area contributed by atoms with Gasteiger partial charge in [0.25, 0.3) is 5.56 Å². The summed E-state index contributed by atoms with van der Waals surface area (Å²) in [5, 5.41) is 14.3. The zero-order valence-corrected chi connectivity index (χ0v) is 15.4. The fourth-order valence-corrected chi connectivity index (χ4v) is 3.10. The van der Waals surface area contributed by atoms with Crippen LogP contribution in [-0.2, 0) is 24.3 Å². The lowest BCUT2D eigenvalue weighted by atomic mass is 10.0. The highest BCUT2D eigenvalue weighted by atomic mass is 16.2. The predicted octanol–water partition coefficient (Wildman–Crippen LogP) is 0.715. The van der Waals surface area contributed by atoms with E-state index in [1.807, 2.05) is 42.5 Å². The molecule has 0 radical (unpaired) electrons. The van der Waals surface area contributed by atoms with Gasteiger partial charge in [-0.15, -0.1) is 0 Å². The summed E-state index contributed by atoms with van der Waals surface area (Å²) in [5.74, 6) is -0.115. The smallest absolute Gasteiger partial charge is 0.340 e. The summed E-state index contributed by atoms with van der Waals surface area (Å²) in [6, 6.07) is 17.0. The summed E-state index contributed by atoms with van der Waals surface area (Å²) in [7, 11) is 0. The van der Waals surface area contributed by atoms with Crippen molar-refractivity contribution in [3.63, 3.8) is 0 Å². The second-order valence-electron chi connectivity index (χ2n) is 6.52. The molecule has 2 aromatic heterocycles. The zero-order chi connectivity index (χ0) is 20.2. The highest BCUT2D eigenvalue weighted by molar-refractivity contribution is 5.84. The minimum absolute atomic E-state index is 0.0385. The van der Waals surface area contributed by atoms with Crippen LogP contribution in [0.2, 0.25) is 0 Å². The molecule has 9 heteroatoms. The second-order valence-corrected chi connectivity index (χ2v) is 6.52. The average molecular weight is 390 g/mol. The van der Waals surface area contributed by atoms with Gasteiger partial charge in [0, 0.05) is 11.8 Å². The minimum Gasteiger partial charge on any atom is -0.347 e. The minimum atomic E-state index is -0.452. The van der Waals surface area contributed by atoms with Crippen LogP contribution >= 0.6 is 0 Å². The van der Waals surface area contributed by atoms with E-state index in [-0.39, 0.29) is 18.6 Å². The zero-order valence-electron chi connectivity index (χ0n) is 15.4. The topological polar surface area (TPSA) is 126 Å². The number of aromatic nitrogens is 5. The van der Waals surface area contributed by atoms with E-state index >= 15 is 0 Å². The van der Waals surface area contributed by atoms with Crippen LogP contribution in [0.1, 0.15) is 17.1 Å². The summed E-state index contributed by atoms with van der Waals surface area (Å²) in [4.78, 5) is 38.6. The van der Waals surface area contributed by atoms with Crippen LogP contribution in [0.3, 0.4) is 0 Å². The Labute approximate surface area is 164 Å². The molecule has 3 N–H and O–H groups in total. The molecule has 2 heterocycles. The number of carbonyl (C=O) groups is 1. The van der Waals surface area contributed by atoms with Gasteiger partial charge >= 0.3 is 5.69 Å². The number of amides is 1. The summed E-state index contributed by atoms with van der Waals surface area (Å²) >= 11 is 0. The summed E-state index contributed by atoms with van der Waals surface area (Å²) < 4.78 is 1.17. The molecule has 0 unspecified atom stereocenters. The molecule has 0 fully saturated rings. The van der Waals surface area contributed by atoms with Crippen molar-refractivity contribution in [3.8, 4) is 0 Å². The average Bonchev–Trinajstić information content (AvgIpc) is 3.16. The van der Waals surface area contributed by atoms with Gasteiger partial charge in [0.1, 0.15) is 12.4 Å². The highest BCUT2D eigenvalue weighted by Gasteiger charge is 2.13. The molecule has 0 aliphatic rings. The Hall–Kier alpha value is -4.01. The molecule has 9 nitrogen and oxygen atoms in total. The van der Waals surface area contributed by atoms with Crippen LogP contribution in [0.15, 0.2) is 64.2 Å². The Kier molecular flexibility index (Phi) is 5.02. The van der Waals surface area contributed by atoms with Crippen molar-refractivity contribution < 1.29 is 4.79 Å². The number of H-pyrrole nitrogens is 2. The number of aromatic amines is 2. The molecule has 0 saturated heterocycles. The normalized spacial score (nSPS) is 10.9. The number of carbonyl (C=O) groups excluding carboxylic acids is 1. The van der Waals surface area contributed by atoms with Crippen LogP contribution < -0.4 is 16.6 Å². The van der Waals surface area contributed by atoms with Crippen molar-refractivity contribution >= 4 is 16.7 Å². The lowest BCUT2D eigenvalue weighted by Gasteiger charge is -2.11.